The topological polar surface area (TPSA) is 0 Å². The van der Waals surface area contributed by atoms with Crippen LogP contribution in [-0.2, 0) is 0 Å². The van der Waals surface area contributed by atoms with Crippen LogP contribution in [0.25, 0.3) is 97.0 Å². The summed E-state index contributed by atoms with van der Waals surface area (Å²) in [6, 6.07) is 66.8. The van der Waals surface area contributed by atoms with Gasteiger partial charge in [-0.1, -0.05) is 170 Å². The number of benzene rings is 9. The summed E-state index contributed by atoms with van der Waals surface area (Å²) in [5.74, 6) is 0. The Bertz CT molecular complexity index is 2800. The molecule has 1 aromatic heterocycles. The summed E-state index contributed by atoms with van der Waals surface area (Å²) < 4.78 is 2.69. The number of rotatable bonds is 4. The van der Waals surface area contributed by atoms with Gasteiger partial charge >= 0.3 is 0 Å². The van der Waals surface area contributed by atoms with Crippen molar-refractivity contribution >= 4 is 63.8 Å². The van der Waals surface area contributed by atoms with Crippen molar-refractivity contribution < 1.29 is 0 Å². The molecule has 9 aromatic carbocycles. The van der Waals surface area contributed by atoms with Crippen molar-refractivity contribution in [1.82, 2.24) is 0 Å². The van der Waals surface area contributed by atoms with E-state index >= 15 is 0 Å². The molecule has 49 heavy (non-hydrogen) atoms. The predicted molar refractivity (Wildman–Crippen MR) is 214 cm³/mol. The molecule has 10 rings (SSSR count). The van der Waals surface area contributed by atoms with Gasteiger partial charge in [0.05, 0.1) is 0 Å². The highest BCUT2D eigenvalue weighted by molar-refractivity contribution is 7.26. The fourth-order valence-corrected chi connectivity index (χ4v) is 9.05. The molecule has 0 N–H and O–H groups in total. The molecule has 10 aromatic rings. The van der Waals surface area contributed by atoms with Crippen LogP contribution in [0.3, 0.4) is 0 Å². The third-order valence-corrected chi connectivity index (χ3v) is 11.3. The fourth-order valence-electron chi connectivity index (χ4n) is 7.83. The highest BCUT2D eigenvalue weighted by atomic mass is 32.1. The maximum Gasteiger partial charge on any atom is 0.0433 e. The normalized spacial score (nSPS) is 11.7. The fraction of sp³-hybridized carbons (Fsp3) is 0. The first-order valence-electron chi connectivity index (χ1n) is 16.8. The van der Waals surface area contributed by atoms with Crippen LogP contribution in [0, 0.1) is 0 Å². The van der Waals surface area contributed by atoms with Crippen molar-refractivity contribution in [2.24, 2.45) is 0 Å². The van der Waals surface area contributed by atoms with Crippen LogP contribution in [0.2, 0.25) is 0 Å². The standard InChI is InChI=1S/C48H30S/c1-2-12-31(13-3-1)36-15-6-7-16-37(36)33-22-24-34(25-23-33)46-39-18-8-10-20-41(39)47(42-21-11-9-19-40(42)46)35-27-29-45-44(30-35)43-28-26-32-14-4-5-17-38(32)48(43)49-45/h1-30H. The van der Waals surface area contributed by atoms with Crippen molar-refractivity contribution in [3.63, 3.8) is 0 Å². The third-order valence-electron chi connectivity index (χ3n) is 10.1. The zero-order valence-corrected chi connectivity index (χ0v) is 27.5. The predicted octanol–water partition coefficient (Wildman–Crippen LogP) is 14.2. The number of hydrogen-bond donors (Lipinski definition) is 0. The van der Waals surface area contributed by atoms with Gasteiger partial charge in [0, 0.05) is 20.2 Å². The molecule has 1 heterocycles. The minimum absolute atomic E-state index is 1.22. The van der Waals surface area contributed by atoms with Gasteiger partial charge in [-0.3, -0.25) is 0 Å². The molecular weight excluding hydrogens is 609 g/mol. The molecule has 0 nitrogen and oxygen atoms in total. The second-order valence-corrected chi connectivity index (χ2v) is 13.9. The zero-order chi connectivity index (χ0) is 32.3. The first-order chi connectivity index (χ1) is 24.3. The summed E-state index contributed by atoms with van der Waals surface area (Å²) in [5.41, 5.74) is 10.0. The Kier molecular flexibility index (Phi) is 6.47. The Labute approximate surface area is 289 Å². The minimum Gasteiger partial charge on any atom is -0.135 e. The van der Waals surface area contributed by atoms with Crippen LogP contribution in [-0.4, -0.2) is 0 Å². The molecule has 0 aliphatic rings. The van der Waals surface area contributed by atoms with Gasteiger partial charge in [0.15, 0.2) is 0 Å². The Balaban J connectivity index is 1.16. The van der Waals surface area contributed by atoms with Crippen molar-refractivity contribution in [2.75, 3.05) is 0 Å². The number of hydrogen-bond acceptors (Lipinski definition) is 1. The molecule has 0 aliphatic carbocycles. The summed E-state index contributed by atoms with van der Waals surface area (Å²) >= 11 is 1.90. The van der Waals surface area contributed by atoms with Crippen LogP contribution in [0.4, 0.5) is 0 Å². The first kappa shape index (κ1) is 28.0. The number of thiophene rings is 1. The highest BCUT2D eigenvalue weighted by Gasteiger charge is 2.18. The Morgan fingerprint density at radius 2 is 0.776 bits per heavy atom. The smallest absolute Gasteiger partial charge is 0.0433 e. The van der Waals surface area contributed by atoms with E-state index in [1.165, 1.54) is 97.0 Å². The van der Waals surface area contributed by atoms with E-state index in [0.29, 0.717) is 0 Å². The summed E-state index contributed by atoms with van der Waals surface area (Å²) in [6.07, 6.45) is 0. The molecule has 0 spiro atoms. The van der Waals surface area contributed by atoms with Crippen molar-refractivity contribution in [2.45, 2.75) is 0 Å². The molecule has 0 fully saturated rings. The molecule has 0 unspecified atom stereocenters. The maximum atomic E-state index is 2.43. The average molecular weight is 639 g/mol. The van der Waals surface area contributed by atoms with Gasteiger partial charge in [-0.05, 0) is 89.0 Å². The van der Waals surface area contributed by atoms with Crippen LogP contribution in [0.1, 0.15) is 0 Å². The van der Waals surface area contributed by atoms with E-state index < -0.39 is 0 Å². The van der Waals surface area contributed by atoms with E-state index in [2.05, 4.69) is 182 Å². The molecule has 0 amide bonds. The van der Waals surface area contributed by atoms with Gasteiger partial charge in [0.2, 0.25) is 0 Å². The highest BCUT2D eigenvalue weighted by Crippen LogP contribution is 2.46. The third kappa shape index (κ3) is 4.51. The summed E-state index contributed by atoms with van der Waals surface area (Å²) in [5, 5.41) is 10.4. The van der Waals surface area contributed by atoms with Crippen molar-refractivity contribution in [3.05, 3.63) is 182 Å². The van der Waals surface area contributed by atoms with Crippen LogP contribution >= 0.6 is 11.3 Å². The lowest BCUT2D eigenvalue weighted by Crippen LogP contribution is -1.91. The van der Waals surface area contributed by atoms with Crippen molar-refractivity contribution in [1.29, 1.82) is 0 Å². The van der Waals surface area contributed by atoms with E-state index in [1.807, 2.05) is 11.3 Å². The van der Waals surface area contributed by atoms with Gasteiger partial charge in [-0.25, -0.2) is 0 Å². The van der Waals surface area contributed by atoms with Crippen molar-refractivity contribution in [3.8, 4) is 44.5 Å². The lowest BCUT2D eigenvalue weighted by Gasteiger charge is -2.18. The molecule has 0 saturated heterocycles. The van der Waals surface area contributed by atoms with E-state index in [-0.39, 0.29) is 0 Å². The van der Waals surface area contributed by atoms with E-state index in [1.54, 1.807) is 0 Å². The minimum atomic E-state index is 1.22. The Hall–Kier alpha value is -6.02. The lowest BCUT2D eigenvalue weighted by atomic mass is 9.85. The van der Waals surface area contributed by atoms with E-state index in [0.717, 1.165) is 0 Å². The Morgan fingerprint density at radius 1 is 0.286 bits per heavy atom. The second kappa shape index (κ2) is 11.3. The molecule has 0 atom stereocenters. The molecule has 0 saturated carbocycles. The Morgan fingerprint density at radius 3 is 1.43 bits per heavy atom. The summed E-state index contributed by atoms with van der Waals surface area (Å²) in [7, 11) is 0. The van der Waals surface area contributed by atoms with Gasteiger partial charge in [-0.2, -0.15) is 0 Å². The lowest BCUT2D eigenvalue weighted by molar-refractivity contribution is 1.58. The van der Waals surface area contributed by atoms with Crippen LogP contribution in [0.15, 0.2) is 182 Å². The van der Waals surface area contributed by atoms with E-state index in [4.69, 9.17) is 0 Å². The van der Waals surface area contributed by atoms with Crippen LogP contribution in [0.5, 0.6) is 0 Å². The molecule has 0 bridgehead atoms. The molecule has 0 aliphatic heterocycles. The second-order valence-electron chi connectivity index (χ2n) is 12.8. The van der Waals surface area contributed by atoms with Gasteiger partial charge in [0.25, 0.3) is 0 Å². The number of fused-ring (bicyclic) bond motifs is 7. The molecule has 228 valence electrons. The quantitative estimate of drug-likeness (QED) is 0.168. The monoisotopic (exact) mass is 638 g/mol. The average Bonchev–Trinajstić information content (AvgIpc) is 3.56. The van der Waals surface area contributed by atoms with E-state index in [9.17, 15) is 0 Å². The van der Waals surface area contributed by atoms with Gasteiger partial charge in [-0.15, -0.1) is 11.3 Å². The van der Waals surface area contributed by atoms with Gasteiger partial charge in [0.1, 0.15) is 0 Å². The zero-order valence-electron chi connectivity index (χ0n) is 26.7. The molecule has 0 radical (unpaired) electrons. The summed E-state index contributed by atoms with van der Waals surface area (Å²) in [4.78, 5) is 0. The SMILES string of the molecule is c1ccc(-c2ccccc2-c2ccc(-c3c4ccccc4c(-c4ccc5sc6c7ccccc7ccc6c5c4)c4ccccc34)cc2)cc1. The molecule has 1 heteroatoms. The van der Waals surface area contributed by atoms with Gasteiger partial charge < -0.3 is 0 Å². The molecular formula is C48H30S. The van der Waals surface area contributed by atoms with Crippen LogP contribution < -0.4 is 0 Å². The largest absolute Gasteiger partial charge is 0.135 e. The summed E-state index contributed by atoms with van der Waals surface area (Å²) in [6.45, 7) is 0. The first-order valence-corrected chi connectivity index (χ1v) is 17.7. The maximum absolute atomic E-state index is 2.43.